The molecule has 1 aliphatic carbocycles. The van der Waals surface area contributed by atoms with Gasteiger partial charge in [-0.05, 0) is 156 Å². The van der Waals surface area contributed by atoms with E-state index in [1.165, 1.54) is 22.3 Å². The van der Waals surface area contributed by atoms with Crippen LogP contribution in [0.15, 0.2) is 146 Å². The number of nitriles is 1. The molecule has 13 rings (SSSR count). The maximum Gasteiger partial charge on any atom is 0.218 e. The van der Waals surface area contributed by atoms with Crippen molar-refractivity contribution in [2.24, 2.45) is 0 Å². The third-order valence-electron chi connectivity index (χ3n) is 15.2. The number of rotatable bonds is 4. The Balaban J connectivity index is 1.36. The summed E-state index contributed by atoms with van der Waals surface area (Å²) in [7, 11) is 0. The molecule has 0 N–H and O–H groups in total. The summed E-state index contributed by atoms with van der Waals surface area (Å²) in [6.45, 7) is 27.0. The highest BCUT2D eigenvalue weighted by Gasteiger charge is 2.40. The highest BCUT2D eigenvalue weighted by atomic mass is 15.1. The zero-order valence-corrected chi connectivity index (χ0v) is 40.7. The van der Waals surface area contributed by atoms with Crippen LogP contribution in [-0.4, -0.2) is 13.7 Å². The average molecular weight is 900 g/mol. The van der Waals surface area contributed by atoms with E-state index in [4.69, 9.17) is 4.85 Å². The molecule has 0 amide bonds. The second-order valence-corrected chi connectivity index (χ2v) is 20.2. The first kappa shape index (κ1) is 41.5. The molecule has 3 heterocycles. The highest BCUT2D eigenvalue weighted by Crippen LogP contribution is 2.57. The summed E-state index contributed by atoms with van der Waals surface area (Å²) in [5.74, 6) is -0.394. The normalized spacial score (nSPS) is 12.5. The molecular formula is C65H49N5. The molecule has 0 saturated carbocycles. The molecule has 3 aromatic heterocycles. The van der Waals surface area contributed by atoms with Crippen LogP contribution in [0.3, 0.4) is 0 Å². The topological polar surface area (TPSA) is 42.9 Å². The van der Waals surface area contributed by atoms with Crippen molar-refractivity contribution in [3.63, 3.8) is 0 Å². The zero-order valence-electron chi connectivity index (χ0n) is 40.7. The number of fused-ring (bicyclic) bond motifs is 12. The van der Waals surface area contributed by atoms with Crippen LogP contribution < -0.4 is 0 Å². The number of aryl methyl sites for hydroxylation is 8. The molecule has 5 heteroatoms. The van der Waals surface area contributed by atoms with Gasteiger partial charge in [0.1, 0.15) is 6.07 Å². The molecule has 0 atom stereocenters. The minimum absolute atomic E-state index is 0.394. The molecular weight excluding hydrogens is 851 g/mol. The van der Waals surface area contributed by atoms with E-state index >= 15 is 0 Å². The lowest BCUT2D eigenvalue weighted by atomic mass is 9.83. The zero-order chi connectivity index (χ0) is 48.0. The molecule has 0 radical (unpaired) electrons. The number of nitrogens with zero attached hydrogens (tertiary/aromatic N) is 5. The van der Waals surface area contributed by atoms with Gasteiger partial charge in [0, 0.05) is 38.2 Å². The lowest BCUT2D eigenvalue weighted by Crippen LogP contribution is -2.15. The van der Waals surface area contributed by atoms with E-state index in [2.05, 4.69) is 221 Å². The molecule has 0 spiro atoms. The van der Waals surface area contributed by atoms with Gasteiger partial charge in [-0.2, -0.15) is 5.26 Å². The van der Waals surface area contributed by atoms with Crippen LogP contribution in [0.2, 0.25) is 0 Å². The lowest BCUT2D eigenvalue weighted by molar-refractivity contribution is 0.967. The molecule has 70 heavy (non-hydrogen) atoms. The summed E-state index contributed by atoms with van der Waals surface area (Å²) in [4.78, 5) is 4.89. The number of aromatic nitrogens is 3. The first-order valence-electron chi connectivity index (χ1n) is 24.2. The van der Waals surface area contributed by atoms with E-state index in [0.717, 1.165) is 121 Å². The van der Waals surface area contributed by atoms with Crippen molar-refractivity contribution < 1.29 is 0 Å². The minimum Gasteiger partial charge on any atom is -0.317 e. The predicted molar refractivity (Wildman–Crippen MR) is 291 cm³/mol. The Kier molecular flexibility index (Phi) is 8.86. The van der Waals surface area contributed by atoms with Gasteiger partial charge in [0.2, 0.25) is 5.69 Å². The Morgan fingerprint density at radius 3 is 0.986 bits per heavy atom. The summed E-state index contributed by atoms with van der Waals surface area (Å²) < 4.78 is 6.96. The number of hydrogen-bond donors (Lipinski definition) is 0. The molecule has 0 saturated heterocycles. The van der Waals surface area contributed by atoms with Crippen molar-refractivity contribution in [2.45, 2.75) is 61.3 Å². The van der Waals surface area contributed by atoms with Crippen molar-refractivity contribution in [1.82, 2.24) is 13.7 Å². The molecule has 0 bridgehead atoms. The Hall–Kier alpha value is -8.64. The van der Waals surface area contributed by atoms with Gasteiger partial charge in [-0.15, -0.1) is 0 Å². The number of benzene rings is 9. The van der Waals surface area contributed by atoms with Gasteiger partial charge in [0.15, 0.2) is 0 Å². The maximum absolute atomic E-state index is 12.6. The fourth-order valence-electron chi connectivity index (χ4n) is 12.1. The Bertz CT molecular complexity index is 4190. The van der Waals surface area contributed by atoms with Crippen LogP contribution in [0.5, 0.6) is 0 Å². The van der Waals surface area contributed by atoms with Crippen LogP contribution in [0.25, 0.3) is 98.5 Å². The van der Waals surface area contributed by atoms with Crippen molar-refractivity contribution in [3.8, 4) is 34.3 Å². The summed E-state index contributed by atoms with van der Waals surface area (Å²) in [6.07, 6.45) is 0. The summed E-state index contributed by atoms with van der Waals surface area (Å²) >= 11 is 0. The standard InChI is InChI=1S/C65H49N5/c1-35-10-18-43-45(26-35)46-27-36(2)11-19-44(46)60(43)61-62(67-9)65(70-58-24-16-41(7)32-51(58)52-33-42(8)17-25-59(52)70)64(69-56-22-14-39(5)30-49(56)50-31-40(6)15-23-57(50)69)53(34-66)63(61)68-54-20-12-37(3)28-47(54)48-29-38(4)13-21-55(48)68/h10-33,60H,1-8H3. The van der Waals surface area contributed by atoms with Crippen LogP contribution in [-0.2, 0) is 0 Å². The third-order valence-corrected chi connectivity index (χ3v) is 15.2. The molecule has 0 fully saturated rings. The number of hydrogen-bond acceptors (Lipinski definition) is 1. The smallest absolute Gasteiger partial charge is 0.218 e. The molecule has 1 aliphatic rings. The van der Waals surface area contributed by atoms with Crippen molar-refractivity contribution >= 4 is 71.1 Å². The van der Waals surface area contributed by atoms with Crippen LogP contribution in [0, 0.1) is 73.3 Å². The molecule has 9 aromatic carbocycles. The third kappa shape index (κ3) is 5.76. The van der Waals surface area contributed by atoms with E-state index in [1.807, 2.05) is 0 Å². The van der Waals surface area contributed by atoms with Crippen molar-refractivity contribution in [3.05, 3.63) is 224 Å². The van der Waals surface area contributed by atoms with Gasteiger partial charge >= 0.3 is 0 Å². The fourth-order valence-corrected chi connectivity index (χ4v) is 12.1. The summed E-state index contributed by atoms with van der Waals surface area (Å²) in [5, 5.41) is 19.2. The summed E-state index contributed by atoms with van der Waals surface area (Å²) in [6, 6.07) is 56.4. The van der Waals surface area contributed by atoms with Gasteiger partial charge in [-0.25, -0.2) is 4.85 Å². The monoisotopic (exact) mass is 899 g/mol. The van der Waals surface area contributed by atoms with E-state index in [9.17, 15) is 11.8 Å². The second-order valence-electron chi connectivity index (χ2n) is 20.2. The molecule has 5 nitrogen and oxygen atoms in total. The Morgan fingerprint density at radius 1 is 0.386 bits per heavy atom. The van der Waals surface area contributed by atoms with E-state index in [1.54, 1.807) is 0 Å². The van der Waals surface area contributed by atoms with Crippen molar-refractivity contribution in [1.29, 1.82) is 5.26 Å². The quantitative estimate of drug-likeness (QED) is 0.162. The molecule has 0 aliphatic heterocycles. The highest BCUT2D eigenvalue weighted by molar-refractivity contribution is 6.15. The van der Waals surface area contributed by atoms with Gasteiger partial charge in [0.05, 0.1) is 62.3 Å². The van der Waals surface area contributed by atoms with Gasteiger partial charge in [-0.3, -0.25) is 0 Å². The van der Waals surface area contributed by atoms with Crippen LogP contribution >= 0.6 is 0 Å². The van der Waals surface area contributed by atoms with E-state index in [0.29, 0.717) is 22.6 Å². The Labute approximate surface area is 407 Å². The molecule has 334 valence electrons. The first-order chi connectivity index (χ1) is 33.9. The van der Waals surface area contributed by atoms with Gasteiger partial charge < -0.3 is 13.7 Å². The molecule has 0 unspecified atom stereocenters. The summed E-state index contributed by atoms with van der Waals surface area (Å²) in [5.41, 5.74) is 23.7. The van der Waals surface area contributed by atoms with Crippen LogP contribution in [0.4, 0.5) is 5.69 Å². The van der Waals surface area contributed by atoms with Crippen molar-refractivity contribution in [2.75, 3.05) is 0 Å². The molecule has 12 aromatic rings. The van der Waals surface area contributed by atoms with Crippen LogP contribution in [0.1, 0.15) is 72.7 Å². The predicted octanol–water partition coefficient (Wildman–Crippen LogP) is 17.0. The Morgan fingerprint density at radius 2 is 0.671 bits per heavy atom. The van der Waals surface area contributed by atoms with Gasteiger partial charge in [-0.1, -0.05) is 117 Å². The fraction of sp³-hybridized carbons (Fsp3) is 0.138. The van der Waals surface area contributed by atoms with E-state index in [-0.39, 0.29) is 0 Å². The largest absolute Gasteiger partial charge is 0.317 e. The van der Waals surface area contributed by atoms with Gasteiger partial charge in [0.25, 0.3) is 0 Å². The van der Waals surface area contributed by atoms with E-state index < -0.39 is 5.92 Å². The lowest BCUT2D eigenvalue weighted by Gasteiger charge is -2.29. The SMILES string of the molecule is [C-]#[N+]c1c(C2c3ccc(C)cc3-c3cc(C)ccc32)c(-n2c3ccc(C)cc3c3cc(C)ccc32)c(C#N)c(-n2c3ccc(C)cc3c3cc(C)ccc32)c1-n1c2ccc(C)cc2c2cc(C)ccc21. The maximum atomic E-state index is 12.6. The second kappa shape index (κ2) is 14.9. The minimum atomic E-state index is -0.394. The first-order valence-corrected chi connectivity index (χ1v) is 24.2. The average Bonchev–Trinajstić information content (AvgIpc) is 4.03.